The van der Waals surface area contributed by atoms with E-state index in [4.69, 9.17) is 5.11 Å². The summed E-state index contributed by atoms with van der Waals surface area (Å²) in [7, 11) is 0. The van der Waals surface area contributed by atoms with Crippen LogP contribution in [0.2, 0.25) is 0 Å². The SMILES string of the molecule is O=C(O)CNC(=O)CNC(=O)NC1CCCNC1=O. The molecule has 4 amide bonds. The minimum Gasteiger partial charge on any atom is -0.480 e. The van der Waals surface area contributed by atoms with Gasteiger partial charge in [0.15, 0.2) is 0 Å². The second kappa shape index (κ2) is 7.19. The molecule has 9 heteroatoms. The fraction of sp³-hybridized carbons (Fsp3) is 0.600. The number of amides is 4. The maximum absolute atomic E-state index is 11.4. The van der Waals surface area contributed by atoms with Crippen LogP contribution in [0.25, 0.3) is 0 Å². The van der Waals surface area contributed by atoms with Crippen LogP contribution in [-0.4, -0.2) is 54.6 Å². The van der Waals surface area contributed by atoms with Gasteiger partial charge in [0.25, 0.3) is 0 Å². The molecule has 9 nitrogen and oxygen atoms in total. The Labute approximate surface area is 109 Å². The lowest BCUT2D eigenvalue weighted by Crippen LogP contribution is -2.53. The summed E-state index contributed by atoms with van der Waals surface area (Å²) < 4.78 is 0. The van der Waals surface area contributed by atoms with Gasteiger partial charge in [-0.15, -0.1) is 0 Å². The van der Waals surface area contributed by atoms with Gasteiger partial charge in [-0.25, -0.2) is 4.79 Å². The molecule has 0 radical (unpaired) electrons. The highest BCUT2D eigenvalue weighted by molar-refractivity contribution is 5.89. The molecule has 0 spiro atoms. The molecule has 1 aliphatic heterocycles. The summed E-state index contributed by atoms with van der Waals surface area (Å²) in [5.41, 5.74) is 0. The van der Waals surface area contributed by atoms with Crippen molar-refractivity contribution in [2.75, 3.05) is 19.6 Å². The highest BCUT2D eigenvalue weighted by atomic mass is 16.4. The maximum Gasteiger partial charge on any atom is 0.322 e. The van der Waals surface area contributed by atoms with Crippen LogP contribution in [0, 0.1) is 0 Å². The first-order valence-electron chi connectivity index (χ1n) is 5.79. The van der Waals surface area contributed by atoms with Crippen LogP contribution in [0.15, 0.2) is 0 Å². The number of hydrogen-bond acceptors (Lipinski definition) is 4. The van der Waals surface area contributed by atoms with Gasteiger partial charge in [0.05, 0.1) is 6.54 Å². The van der Waals surface area contributed by atoms with Crippen molar-refractivity contribution in [1.82, 2.24) is 21.3 Å². The summed E-state index contributed by atoms with van der Waals surface area (Å²) in [5, 5.41) is 17.7. The van der Waals surface area contributed by atoms with Crippen LogP contribution in [0.1, 0.15) is 12.8 Å². The van der Waals surface area contributed by atoms with E-state index in [1.807, 2.05) is 0 Å². The Morgan fingerprint density at radius 3 is 2.63 bits per heavy atom. The van der Waals surface area contributed by atoms with Gasteiger partial charge in [-0.05, 0) is 12.8 Å². The summed E-state index contributed by atoms with van der Waals surface area (Å²) in [6, 6.07) is -1.25. The Morgan fingerprint density at radius 2 is 2.00 bits per heavy atom. The van der Waals surface area contributed by atoms with Gasteiger partial charge in [0.1, 0.15) is 12.6 Å². The standard InChI is InChI=1S/C10H16N4O5/c15-7(12-5-8(16)17)4-13-10(19)14-6-2-1-3-11-9(6)18/h6H,1-5H2,(H,11,18)(H,12,15)(H,16,17)(H2,13,14,19). The summed E-state index contributed by atoms with van der Waals surface area (Å²) in [5.74, 6) is -2.04. The van der Waals surface area contributed by atoms with Gasteiger partial charge < -0.3 is 26.4 Å². The lowest BCUT2D eigenvalue weighted by Gasteiger charge is -2.22. The third-order valence-corrected chi connectivity index (χ3v) is 2.44. The van der Waals surface area contributed by atoms with Crippen molar-refractivity contribution >= 4 is 23.8 Å². The zero-order valence-corrected chi connectivity index (χ0v) is 10.2. The van der Waals surface area contributed by atoms with Crippen LogP contribution in [0.5, 0.6) is 0 Å². The van der Waals surface area contributed by atoms with Crippen LogP contribution in [-0.2, 0) is 14.4 Å². The van der Waals surface area contributed by atoms with E-state index in [9.17, 15) is 19.2 Å². The zero-order valence-electron chi connectivity index (χ0n) is 10.2. The Kier molecular flexibility index (Phi) is 5.58. The van der Waals surface area contributed by atoms with Crippen molar-refractivity contribution in [3.63, 3.8) is 0 Å². The fourth-order valence-corrected chi connectivity index (χ4v) is 1.52. The number of carbonyl (C=O) groups is 4. The summed E-state index contributed by atoms with van der Waals surface area (Å²) >= 11 is 0. The van der Waals surface area contributed by atoms with Crippen molar-refractivity contribution in [1.29, 1.82) is 0 Å². The Morgan fingerprint density at radius 1 is 1.26 bits per heavy atom. The molecule has 1 heterocycles. The summed E-state index contributed by atoms with van der Waals surface area (Å²) in [4.78, 5) is 44.0. The van der Waals surface area contributed by atoms with Crippen molar-refractivity contribution in [3.8, 4) is 0 Å². The van der Waals surface area contributed by atoms with Gasteiger partial charge in [-0.2, -0.15) is 0 Å². The van der Waals surface area contributed by atoms with E-state index in [-0.39, 0.29) is 12.5 Å². The number of urea groups is 1. The van der Waals surface area contributed by atoms with Crippen LogP contribution < -0.4 is 21.3 Å². The molecule has 1 saturated heterocycles. The molecular weight excluding hydrogens is 256 g/mol. The van der Waals surface area contributed by atoms with Crippen molar-refractivity contribution < 1.29 is 24.3 Å². The van der Waals surface area contributed by atoms with Crippen molar-refractivity contribution in [2.45, 2.75) is 18.9 Å². The normalized spacial score (nSPS) is 18.1. The minimum absolute atomic E-state index is 0.253. The number of carboxylic acids is 1. The molecule has 1 rings (SSSR count). The van der Waals surface area contributed by atoms with Crippen molar-refractivity contribution in [2.24, 2.45) is 0 Å². The zero-order chi connectivity index (χ0) is 14.3. The average molecular weight is 272 g/mol. The number of carboxylic acid groups (broad SMARTS) is 1. The van der Waals surface area contributed by atoms with Crippen LogP contribution in [0.3, 0.4) is 0 Å². The molecule has 1 aliphatic rings. The van der Waals surface area contributed by atoms with E-state index >= 15 is 0 Å². The molecular formula is C10H16N4O5. The number of piperidine rings is 1. The molecule has 19 heavy (non-hydrogen) atoms. The first kappa shape index (κ1) is 14.7. The van der Waals surface area contributed by atoms with Gasteiger partial charge >= 0.3 is 12.0 Å². The van der Waals surface area contributed by atoms with E-state index in [0.717, 1.165) is 6.42 Å². The van der Waals surface area contributed by atoms with E-state index in [2.05, 4.69) is 21.3 Å². The second-order valence-corrected chi connectivity index (χ2v) is 3.98. The number of nitrogens with one attached hydrogen (secondary N) is 4. The second-order valence-electron chi connectivity index (χ2n) is 3.98. The fourth-order valence-electron chi connectivity index (χ4n) is 1.52. The molecule has 1 fully saturated rings. The maximum atomic E-state index is 11.4. The summed E-state index contributed by atoms with van der Waals surface area (Å²) in [6.45, 7) is -0.267. The third kappa shape index (κ3) is 5.70. The third-order valence-electron chi connectivity index (χ3n) is 2.44. The number of carbonyl (C=O) groups excluding carboxylic acids is 3. The molecule has 5 N–H and O–H groups in total. The first-order valence-corrected chi connectivity index (χ1v) is 5.79. The largest absolute Gasteiger partial charge is 0.480 e. The quantitative estimate of drug-likeness (QED) is 0.385. The lowest BCUT2D eigenvalue weighted by atomic mass is 10.1. The Bertz CT molecular complexity index is 384. The van der Waals surface area contributed by atoms with Crippen molar-refractivity contribution in [3.05, 3.63) is 0 Å². The highest BCUT2D eigenvalue weighted by Gasteiger charge is 2.23. The molecule has 0 bridgehead atoms. The Hall–Kier alpha value is -2.32. The van der Waals surface area contributed by atoms with Crippen LogP contribution >= 0.6 is 0 Å². The first-order chi connectivity index (χ1) is 8.99. The van der Waals surface area contributed by atoms with Gasteiger partial charge in [0.2, 0.25) is 11.8 Å². The highest BCUT2D eigenvalue weighted by Crippen LogP contribution is 2.02. The lowest BCUT2D eigenvalue weighted by molar-refractivity contribution is -0.137. The molecule has 0 aromatic rings. The van der Waals surface area contributed by atoms with Gasteiger partial charge in [0, 0.05) is 6.54 Å². The number of rotatable bonds is 5. The number of hydrogen-bond donors (Lipinski definition) is 5. The number of aliphatic carboxylic acids is 1. The van der Waals surface area contributed by atoms with E-state index in [0.29, 0.717) is 13.0 Å². The predicted octanol–water partition coefficient (Wildman–Crippen LogP) is -2.23. The predicted molar refractivity (Wildman–Crippen MR) is 63.2 cm³/mol. The van der Waals surface area contributed by atoms with E-state index in [1.165, 1.54) is 0 Å². The topological polar surface area (TPSA) is 137 Å². The monoisotopic (exact) mass is 272 g/mol. The molecule has 1 unspecified atom stereocenters. The molecule has 0 aliphatic carbocycles. The molecule has 106 valence electrons. The van der Waals surface area contributed by atoms with Crippen LogP contribution in [0.4, 0.5) is 4.79 Å². The smallest absolute Gasteiger partial charge is 0.322 e. The van der Waals surface area contributed by atoms with Gasteiger partial charge in [-0.1, -0.05) is 0 Å². The Balaban J connectivity index is 2.21. The minimum atomic E-state index is -1.17. The molecule has 0 aromatic heterocycles. The van der Waals surface area contributed by atoms with E-state index < -0.39 is 30.5 Å². The molecule has 0 aromatic carbocycles. The average Bonchev–Trinajstić information content (AvgIpc) is 2.36. The van der Waals surface area contributed by atoms with Gasteiger partial charge in [-0.3, -0.25) is 14.4 Å². The van der Waals surface area contributed by atoms with E-state index in [1.54, 1.807) is 0 Å². The molecule has 1 atom stereocenters. The summed E-state index contributed by atoms with van der Waals surface area (Å²) in [6.07, 6.45) is 1.32. The molecule has 0 saturated carbocycles.